The van der Waals surface area contributed by atoms with E-state index in [9.17, 15) is 9.59 Å². The number of carboxylic acid groups (broad SMARTS) is 1. The quantitative estimate of drug-likeness (QED) is 0.611. The smallest absolute Gasteiger partial charge is 0.317 e. The lowest BCUT2D eigenvalue weighted by Crippen LogP contribution is -2.34. The van der Waals surface area contributed by atoms with Crippen molar-refractivity contribution < 1.29 is 14.7 Å². The maximum atomic E-state index is 11.2. The molecule has 0 aliphatic heterocycles. The zero-order valence-electron chi connectivity index (χ0n) is 6.59. The molecule has 0 aromatic heterocycles. The van der Waals surface area contributed by atoms with Crippen molar-refractivity contribution in [3.63, 3.8) is 0 Å². The van der Waals surface area contributed by atoms with Crippen molar-refractivity contribution >= 4 is 11.8 Å². The molecule has 0 spiro atoms. The first-order valence-electron chi connectivity index (χ1n) is 3.90. The van der Waals surface area contributed by atoms with E-state index in [-0.39, 0.29) is 5.78 Å². The molecule has 1 aliphatic rings. The molecule has 1 unspecified atom stereocenters. The van der Waals surface area contributed by atoms with Gasteiger partial charge in [-0.05, 0) is 19.3 Å². The van der Waals surface area contributed by atoms with Gasteiger partial charge in [0.1, 0.15) is 11.2 Å². The van der Waals surface area contributed by atoms with E-state index in [2.05, 4.69) is 0 Å². The Balaban J connectivity index is 2.91. The molecule has 0 aromatic rings. The molecule has 1 rings (SSSR count). The summed E-state index contributed by atoms with van der Waals surface area (Å²) < 4.78 is 0. The van der Waals surface area contributed by atoms with Gasteiger partial charge in [0.05, 0.1) is 0 Å². The monoisotopic (exact) mass is 156 g/mol. The Morgan fingerprint density at radius 2 is 2.36 bits per heavy atom. The Bertz CT molecular complexity index is 198. The van der Waals surface area contributed by atoms with E-state index >= 15 is 0 Å². The first-order valence-corrected chi connectivity index (χ1v) is 3.90. The Hall–Kier alpha value is -0.860. The van der Waals surface area contributed by atoms with Gasteiger partial charge in [0.2, 0.25) is 0 Å². The van der Waals surface area contributed by atoms with E-state index in [4.69, 9.17) is 5.11 Å². The van der Waals surface area contributed by atoms with Crippen LogP contribution in [0.4, 0.5) is 0 Å². The molecule has 1 fully saturated rings. The van der Waals surface area contributed by atoms with E-state index in [1.807, 2.05) is 0 Å². The number of rotatable bonds is 2. The number of hydrogen-bond donors (Lipinski definition) is 1. The molecule has 0 amide bonds. The molecule has 1 saturated carbocycles. The lowest BCUT2D eigenvalue weighted by atomic mass is 9.83. The van der Waals surface area contributed by atoms with Crippen LogP contribution in [0.15, 0.2) is 0 Å². The topological polar surface area (TPSA) is 54.4 Å². The maximum Gasteiger partial charge on any atom is 0.317 e. The highest BCUT2D eigenvalue weighted by Gasteiger charge is 2.46. The van der Waals surface area contributed by atoms with E-state index in [1.165, 1.54) is 0 Å². The van der Waals surface area contributed by atoms with E-state index in [0.717, 1.165) is 6.42 Å². The fourth-order valence-corrected chi connectivity index (χ4v) is 1.68. The molecule has 0 radical (unpaired) electrons. The number of aliphatic carboxylic acids is 1. The average Bonchev–Trinajstić information content (AvgIpc) is 2.32. The summed E-state index contributed by atoms with van der Waals surface area (Å²) in [6.07, 6.45) is 2.14. The molecule has 62 valence electrons. The third-order valence-electron chi connectivity index (χ3n) is 2.55. The van der Waals surface area contributed by atoms with Gasteiger partial charge >= 0.3 is 5.97 Å². The molecule has 3 heteroatoms. The minimum atomic E-state index is -1.03. The molecule has 1 atom stereocenters. The van der Waals surface area contributed by atoms with Crippen molar-refractivity contribution in [3.05, 3.63) is 0 Å². The summed E-state index contributed by atoms with van der Waals surface area (Å²) in [4.78, 5) is 21.9. The summed E-state index contributed by atoms with van der Waals surface area (Å²) in [6.45, 7) is 1.76. The highest BCUT2D eigenvalue weighted by Crippen LogP contribution is 2.37. The Kier molecular flexibility index (Phi) is 1.98. The minimum absolute atomic E-state index is 0.0903. The molecule has 0 aromatic carbocycles. The maximum absolute atomic E-state index is 11.2. The van der Waals surface area contributed by atoms with Crippen molar-refractivity contribution in [2.45, 2.75) is 32.6 Å². The van der Waals surface area contributed by atoms with Gasteiger partial charge in [-0.25, -0.2) is 0 Å². The number of hydrogen-bond acceptors (Lipinski definition) is 2. The van der Waals surface area contributed by atoms with Gasteiger partial charge in [0.25, 0.3) is 0 Å². The summed E-state index contributed by atoms with van der Waals surface area (Å²) in [5, 5.41) is 8.81. The number of Topliss-reactive ketones (excluding diaryl/α,β-unsaturated/α-hetero) is 1. The summed E-state index contributed by atoms with van der Waals surface area (Å²) in [5.41, 5.74) is -1.03. The zero-order valence-corrected chi connectivity index (χ0v) is 6.59. The van der Waals surface area contributed by atoms with Crippen LogP contribution in [0.2, 0.25) is 0 Å². The van der Waals surface area contributed by atoms with E-state index < -0.39 is 11.4 Å². The van der Waals surface area contributed by atoms with E-state index in [0.29, 0.717) is 19.3 Å². The molecule has 1 N–H and O–H groups in total. The van der Waals surface area contributed by atoms with Gasteiger partial charge in [-0.3, -0.25) is 9.59 Å². The van der Waals surface area contributed by atoms with Gasteiger partial charge in [0, 0.05) is 6.42 Å². The molecule has 11 heavy (non-hydrogen) atoms. The predicted octanol–water partition coefficient (Wildman–Crippen LogP) is 1.22. The van der Waals surface area contributed by atoms with Crippen LogP contribution in [0.25, 0.3) is 0 Å². The summed E-state index contributed by atoms with van der Waals surface area (Å²) in [6, 6.07) is 0. The van der Waals surface area contributed by atoms with Crippen LogP contribution in [0.1, 0.15) is 32.6 Å². The van der Waals surface area contributed by atoms with E-state index in [1.54, 1.807) is 6.92 Å². The van der Waals surface area contributed by atoms with Gasteiger partial charge in [-0.15, -0.1) is 0 Å². The van der Waals surface area contributed by atoms with Gasteiger partial charge in [-0.1, -0.05) is 6.92 Å². The van der Waals surface area contributed by atoms with Crippen molar-refractivity contribution in [1.82, 2.24) is 0 Å². The summed E-state index contributed by atoms with van der Waals surface area (Å²) in [7, 11) is 0. The molecule has 0 bridgehead atoms. The second-order valence-electron chi connectivity index (χ2n) is 3.02. The van der Waals surface area contributed by atoms with Crippen LogP contribution in [0.3, 0.4) is 0 Å². The first kappa shape index (κ1) is 8.24. The van der Waals surface area contributed by atoms with Gasteiger partial charge in [-0.2, -0.15) is 0 Å². The molecule has 3 nitrogen and oxygen atoms in total. The third-order valence-corrected chi connectivity index (χ3v) is 2.55. The summed E-state index contributed by atoms with van der Waals surface area (Å²) in [5.74, 6) is -1.03. The lowest BCUT2D eigenvalue weighted by Gasteiger charge is -2.18. The first-order chi connectivity index (χ1) is 5.13. The summed E-state index contributed by atoms with van der Waals surface area (Å²) >= 11 is 0. The van der Waals surface area contributed by atoms with Crippen LogP contribution in [-0.4, -0.2) is 16.9 Å². The Morgan fingerprint density at radius 3 is 2.55 bits per heavy atom. The Morgan fingerprint density at radius 1 is 1.73 bits per heavy atom. The molecular formula is C8H12O3. The fourth-order valence-electron chi connectivity index (χ4n) is 1.68. The van der Waals surface area contributed by atoms with Crippen molar-refractivity contribution in [1.29, 1.82) is 0 Å². The predicted molar refractivity (Wildman–Crippen MR) is 39.2 cm³/mol. The number of carbonyl (C=O) groups is 2. The standard InChI is InChI=1S/C8H12O3/c1-2-8(7(10)11)5-3-4-6(8)9/h2-5H2,1H3,(H,10,11). The Labute approximate surface area is 65.4 Å². The largest absolute Gasteiger partial charge is 0.480 e. The van der Waals surface area contributed by atoms with Crippen LogP contribution in [-0.2, 0) is 9.59 Å². The molecule has 0 saturated heterocycles. The normalized spacial score (nSPS) is 30.8. The molecular weight excluding hydrogens is 144 g/mol. The lowest BCUT2D eigenvalue weighted by molar-refractivity contribution is -0.153. The van der Waals surface area contributed by atoms with Gasteiger partial charge < -0.3 is 5.11 Å². The van der Waals surface area contributed by atoms with Crippen LogP contribution < -0.4 is 0 Å². The average molecular weight is 156 g/mol. The number of carboxylic acids is 1. The molecule has 1 aliphatic carbocycles. The highest BCUT2D eigenvalue weighted by atomic mass is 16.4. The second-order valence-corrected chi connectivity index (χ2v) is 3.02. The third kappa shape index (κ3) is 1.04. The van der Waals surface area contributed by atoms with Crippen LogP contribution in [0, 0.1) is 5.41 Å². The number of carbonyl (C=O) groups excluding carboxylic acids is 1. The van der Waals surface area contributed by atoms with Crippen molar-refractivity contribution in [2.24, 2.45) is 5.41 Å². The minimum Gasteiger partial charge on any atom is -0.480 e. The van der Waals surface area contributed by atoms with Crippen molar-refractivity contribution in [3.8, 4) is 0 Å². The van der Waals surface area contributed by atoms with Gasteiger partial charge in [0.15, 0.2) is 0 Å². The van der Waals surface area contributed by atoms with Crippen molar-refractivity contribution in [2.75, 3.05) is 0 Å². The SMILES string of the molecule is CCC1(C(=O)O)CCCC1=O. The zero-order chi connectivity index (χ0) is 8.48. The fraction of sp³-hybridized carbons (Fsp3) is 0.750. The number of ketones is 1. The van der Waals surface area contributed by atoms with Crippen LogP contribution in [0.5, 0.6) is 0 Å². The highest BCUT2D eigenvalue weighted by molar-refractivity contribution is 6.04. The van der Waals surface area contributed by atoms with Crippen LogP contribution >= 0.6 is 0 Å². The second kappa shape index (κ2) is 2.64. The molecule has 0 heterocycles.